The molecule has 1 aromatic heterocycles. The molecule has 102 valence electrons. The summed E-state index contributed by atoms with van der Waals surface area (Å²) in [7, 11) is 0. The van der Waals surface area contributed by atoms with E-state index in [1.165, 1.54) is 4.90 Å². The minimum atomic E-state index is -0.999. The number of hydrogen-bond acceptors (Lipinski definition) is 3. The monoisotopic (exact) mass is 280 g/mol. The molecular weight excluding hydrogens is 264 g/mol. The van der Waals surface area contributed by atoms with Gasteiger partial charge in [0.05, 0.1) is 0 Å². The van der Waals surface area contributed by atoms with Crippen molar-refractivity contribution in [2.75, 3.05) is 6.54 Å². The minimum Gasteiger partial charge on any atom is -0.479 e. The molecule has 2 amide bonds. The molecule has 0 aromatic carbocycles. The van der Waals surface area contributed by atoms with E-state index >= 15 is 0 Å². The number of carbonyl (C=O) groups is 2. The first-order valence-electron chi connectivity index (χ1n) is 6.03. The summed E-state index contributed by atoms with van der Waals surface area (Å²) in [5.74, 6) is -0.999. The Bertz CT molecular complexity index is 512. The van der Waals surface area contributed by atoms with Crippen molar-refractivity contribution in [3.63, 3.8) is 0 Å². The summed E-state index contributed by atoms with van der Waals surface area (Å²) in [5, 5.41) is 14.0. The van der Waals surface area contributed by atoms with E-state index in [0.717, 1.165) is 10.4 Å². The van der Waals surface area contributed by atoms with E-state index in [2.05, 4.69) is 11.9 Å². The van der Waals surface area contributed by atoms with Gasteiger partial charge >= 0.3 is 12.0 Å². The molecule has 5 nitrogen and oxygen atoms in total. The van der Waals surface area contributed by atoms with Crippen molar-refractivity contribution < 1.29 is 14.7 Å². The van der Waals surface area contributed by atoms with Gasteiger partial charge in [0.25, 0.3) is 0 Å². The fourth-order valence-electron chi connectivity index (χ4n) is 2.14. The molecule has 19 heavy (non-hydrogen) atoms. The molecule has 2 rings (SSSR count). The Morgan fingerprint density at radius 1 is 1.68 bits per heavy atom. The number of nitrogens with zero attached hydrogens (tertiary/aromatic N) is 1. The molecule has 0 fully saturated rings. The summed E-state index contributed by atoms with van der Waals surface area (Å²) >= 11 is 1.54. The highest BCUT2D eigenvalue weighted by molar-refractivity contribution is 7.10. The van der Waals surface area contributed by atoms with E-state index in [1.807, 2.05) is 5.38 Å². The number of carbonyl (C=O) groups excluding carboxylic acids is 1. The van der Waals surface area contributed by atoms with Crippen molar-refractivity contribution in [1.82, 2.24) is 10.2 Å². The lowest BCUT2D eigenvalue weighted by Gasteiger charge is -2.33. The number of aliphatic carboxylic acids is 1. The highest BCUT2D eigenvalue weighted by Crippen LogP contribution is 2.33. The highest BCUT2D eigenvalue weighted by Gasteiger charge is 2.36. The predicted molar refractivity (Wildman–Crippen MR) is 73.3 cm³/mol. The van der Waals surface area contributed by atoms with E-state index in [0.29, 0.717) is 13.0 Å². The minimum absolute atomic E-state index is 0.189. The van der Waals surface area contributed by atoms with Crippen LogP contribution in [0.15, 0.2) is 24.1 Å². The first-order valence-corrected chi connectivity index (χ1v) is 6.91. The van der Waals surface area contributed by atoms with Gasteiger partial charge in [0, 0.05) is 17.5 Å². The standard InChI is InChI=1S/C13H16N2O3S/c1-3-8(2)14-13(18)15-6-4-10-9(5-7-19-10)11(15)12(16)17/h3,5,7-8,11H,1,4,6H2,2H3,(H,14,18)(H,16,17). The maximum Gasteiger partial charge on any atom is 0.331 e. The SMILES string of the molecule is C=CC(C)NC(=O)N1CCc2sccc2C1C(=O)O. The van der Waals surface area contributed by atoms with Crippen molar-refractivity contribution in [1.29, 1.82) is 0 Å². The average molecular weight is 280 g/mol. The highest BCUT2D eigenvalue weighted by atomic mass is 32.1. The molecule has 2 unspecified atom stereocenters. The largest absolute Gasteiger partial charge is 0.479 e. The zero-order chi connectivity index (χ0) is 14.0. The number of carboxylic acids is 1. The first kappa shape index (κ1) is 13.6. The lowest BCUT2D eigenvalue weighted by Crippen LogP contribution is -2.49. The van der Waals surface area contributed by atoms with Crippen molar-refractivity contribution in [2.45, 2.75) is 25.4 Å². The summed E-state index contributed by atoms with van der Waals surface area (Å²) < 4.78 is 0. The second kappa shape index (κ2) is 5.44. The molecule has 0 saturated carbocycles. The molecule has 2 atom stereocenters. The van der Waals surface area contributed by atoms with Gasteiger partial charge in [0.2, 0.25) is 0 Å². The quantitative estimate of drug-likeness (QED) is 0.832. The van der Waals surface area contributed by atoms with Gasteiger partial charge < -0.3 is 15.3 Å². The number of nitrogens with one attached hydrogen (secondary N) is 1. The van der Waals surface area contributed by atoms with Crippen LogP contribution in [0.4, 0.5) is 4.79 Å². The molecule has 0 saturated heterocycles. The third kappa shape index (κ3) is 2.63. The van der Waals surface area contributed by atoms with Crippen LogP contribution in [0.2, 0.25) is 0 Å². The van der Waals surface area contributed by atoms with Crippen LogP contribution in [0.1, 0.15) is 23.4 Å². The number of hydrogen-bond donors (Lipinski definition) is 2. The van der Waals surface area contributed by atoms with Crippen LogP contribution in [0, 0.1) is 0 Å². The molecule has 0 spiro atoms. The lowest BCUT2D eigenvalue weighted by molar-refractivity contribution is -0.142. The number of urea groups is 1. The summed E-state index contributed by atoms with van der Waals surface area (Å²) in [6.07, 6.45) is 2.31. The zero-order valence-corrected chi connectivity index (χ0v) is 11.4. The van der Waals surface area contributed by atoms with Crippen LogP contribution in [0.5, 0.6) is 0 Å². The van der Waals surface area contributed by atoms with Crippen molar-refractivity contribution >= 4 is 23.3 Å². The van der Waals surface area contributed by atoms with Gasteiger partial charge in [-0.2, -0.15) is 0 Å². The summed E-state index contributed by atoms with van der Waals surface area (Å²) in [6.45, 7) is 5.80. The van der Waals surface area contributed by atoms with Gasteiger partial charge in [-0.3, -0.25) is 0 Å². The molecule has 0 aliphatic carbocycles. The topological polar surface area (TPSA) is 69.6 Å². The normalized spacial score (nSPS) is 19.4. The van der Waals surface area contributed by atoms with Crippen molar-refractivity contribution in [3.05, 3.63) is 34.5 Å². The average Bonchev–Trinajstić information content (AvgIpc) is 2.84. The predicted octanol–water partition coefficient (Wildman–Crippen LogP) is 2.02. The molecule has 1 aromatic rings. The van der Waals surface area contributed by atoms with Gasteiger partial charge in [-0.05, 0) is 30.4 Å². The third-order valence-electron chi connectivity index (χ3n) is 3.17. The number of fused-ring (bicyclic) bond motifs is 1. The van der Waals surface area contributed by atoms with Crippen LogP contribution in [-0.4, -0.2) is 34.6 Å². The van der Waals surface area contributed by atoms with Gasteiger partial charge in [-0.15, -0.1) is 17.9 Å². The fourth-order valence-corrected chi connectivity index (χ4v) is 3.04. The van der Waals surface area contributed by atoms with Gasteiger partial charge in [-0.25, -0.2) is 9.59 Å². The molecule has 2 N–H and O–H groups in total. The van der Waals surface area contributed by atoms with Gasteiger partial charge in [0.15, 0.2) is 6.04 Å². The Hall–Kier alpha value is -1.82. The van der Waals surface area contributed by atoms with Crippen LogP contribution >= 0.6 is 11.3 Å². The molecule has 0 radical (unpaired) electrons. The van der Waals surface area contributed by atoms with E-state index in [9.17, 15) is 14.7 Å². The number of rotatable bonds is 3. The second-order valence-electron chi connectivity index (χ2n) is 4.46. The number of thiophene rings is 1. The smallest absolute Gasteiger partial charge is 0.331 e. The van der Waals surface area contributed by atoms with E-state index in [1.54, 1.807) is 30.4 Å². The van der Waals surface area contributed by atoms with E-state index in [-0.39, 0.29) is 12.1 Å². The first-order chi connectivity index (χ1) is 9.04. The third-order valence-corrected chi connectivity index (χ3v) is 4.16. The van der Waals surface area contributed by atoms with Crippen molar-refractivity contribution in [2.24, 2.45) is 0 Å². The number of carboxylic acid groups (broad SMARTS) is 1. The van der Waals surface area contributed by atoms with Crippen LogP contribution in [0.25, 0.3) is 0 Å². The zero-order valence-electron chi connectivity index (χ0n) is 10.6. The van der Waals surface area contributed by atoms with E-state index < -0.39 is 12.0 Å². The Labute approximate surface area is 115 Å². The van der Waals surface area contributed by atoms with Crippen LogP contribution in [0.3, 0.4) is 0 Å². The molecule has 0 bridgehead atoms. The molecular formula is C13H16N2O3S. The van der Waals surface area contributed by atoms with Gasteiger partial charge in [-0.1, -0.05) is 6.08 Å². The van der Waals surface area contributed by atoms with Crippen molar-refractivity contribution in [3.8, 4) is 0 Å². The molecule has 1 aliphatic heterocycles. The molecule has 6 heteroatoms. The summed E-state index contributed by atoms with van der Waals surface area (Å²) in [6, 6.07) is 0.337. The summed E-state index contributed by atoms with van der Waals surface area (Å²) in [4.78, 5) is 26.0. The Balaban J connectivity index is 2.24. The summed E-state index contributed by atoms with van der Waals surface area (Å²) in [5.41, 5.74) is 0.727. The maximum absolute atomic E-state index is 12.1. The Morgan fingerprint density at radius 2 is 2.42 bits per heavy atom. The Morgan fingerprint density at radius 3 is 3.05 bits per heavy atom. The van der Waals surface area contributed by atoms with Gasteiger partial charge in [0.1, 0.15) is 0 Å². The van der Waals surface area contributed by atoms with E-state index in [4.69, 9.17) is 0 Å². The molecule has 1 aliphatic rings. The number of amides is 2. The lowest BCUT2D eigenvalue weighted by atomic mass is 10.0. The Kier molecular flexibility index (Phi) is 3.90. The fraction of sp³-hybridized carbons (Fsp3) is 0.385. The van der Waals surface area contributed by atoms with Crippen LogP contribution < -0.4 is 5.32 Å². The second-order valence-corrected chi connectivity index (χ2v) is 5.46. The maximum atomic E-state index is 12.1. The van der Waals surface area contributed by atoms with Crippen LogP contribution in [-0.2, 0) is 11.2 Å². The molecule has 2 heterocycles.